The van der Waals surface area contributed by atoms with Gasteiger partial charge in [-0.25, -0.2) is 0 Å². The van der Waals surface area contributed by atoms with Crippen molar-refractivity contribution < 1.29 is 9.26 Å². The number of aromatic nitrogens is 1. The van der Waals surface area contributed by atoms with Crippen LogP contribution in [0.4, 0.5) is 0 Å². The highest BCUT2D eigenvalue weighted by Gasteiger charge is 2.38. The predicted molar refractivity (Wildman–Crippen MR) is 107 cm³/mol. The first-order valence-corrected chi connectivity index (χ1v) is 9.51. The Morgan fingerprint density at radius 1 is 1.12 bits per heavy atom. The molecule has 2 aromatic rings. The average Bonchev–Trinajstić information content (AvgIpc) is 3.09. The molecular weight excluding hydrogens is 322 g/mol. The third-order valence-corrected chi connectivity index (χ3v) is 5.86. The van der Waals surface area contributed by atoms with Gasteiger partial charge in [0.1, 0.15) is 5.75 Å². The maximum Gasteiger partial charge on any atom is 0.159 e. The zero-order valence-electron chi connectivity index (χ0n) is 17.1. The summed E-state index contributed by atoms with van der Waals surface area (Å²) in [4.78, 5) is 0. The lowest BCUT2D eigenvalue weighted by Gasteiger charge is -2.42. The fraction of sp³-hybridized carbons (Fsp3) is 0.522. The van der Waals surface area contributed by atoms with Gasteiger partial charge in [0.2, 0.25) is 0 Å². The molecule has 0 unspecified atom stereocenters. The van der Waals surface area contributed by atoms with Crippen molar-refractivity contribution in [1.82, 2.24) is 5.16 Å². The molecule has 3 heteroatoms. The zero-order chi connectivity index (χ0) is 19.1. The zero-order valence-corrected chi connectivity index (χ0v) is 17.1. The molecule has 0 spiro atoms. The second-order valence-corrected chi connectivity index (χ2v) is 9.04. The van der Waals surface area contributed by atoms with Crippen molar-refractivity contribution in [3.8, 4) is 5.75 Å². The Morgan fingerprint density at radius 3 is 2.23 bits per heavy atom. The molecule has 26 heavy (non-hydrogen) atoms. The van der Waals surface area contributed by atoms with Crippen molar-refractivity contribution in [1.29, 1.82) is 0 Å². The third-order valence-electron chi connectivity index (χ3n) is 5.86. The minimum Gasteiger partial charge on any atom is -0.496 e. The van der Waals surface area contributed by atoms with E-state index in [1.165, 1.54) is 29.5 Å². The summed E-state index contributed by atoms with van der Waals surface area (Å²) in [5, 5.41) is 3.83. The molecule has 3 rings (SSSR count). The summed E-state index contributed by atoms with van der Waals surface area (Å²) in [5.74, 6) is 2.05. The van der Waals surface area contributed by atoms with Gasteiger partial charge in [-0.05, 0) is 64.5 Å². The maximum absolute atomic E-state index is 5.84. The molecule has 0 atom stereocenters. The van der Waals surface area contributed by atoms with Gasteiger partial charge in [0.05, 0.1) is 13.3 Å². The Labute approximate surface area is 157 Å². The van der Waals surface area contributed by atoms with E-state index in [1.807, 2.05) is 6.07 Å². The van der Waals surface area contributed by atoms with Gasteiger partial charge in [0, 0.05) is 11.6 Å². The highest BCUT2D eigenvalue weighted by molar-refractivity contribution is 5.84. The summed E-state index contributed by atoms with van der Waals surface area (Å²) >= 11 is 0. The molecule has 0 saturated heterocycles. The number of methoxy groups -OCH3 is 1. The van der Waals surface area contributed by atoms with Crippen molar-refractivity contribution in [2.24, 2.45) is 5.92 Å². The summed E-state index contributed by atoms with van der Waals surface area (Å²) in [6.07, 6.45) is 6.16. The minimum atomic E-state index is 0.167. The van der Waals surface area contributed by atoms with E-state index in [9.17, 15) is 0 Å². The number of rotatable bonds is 4. The summed E-state index contributed by atoms with van der Waals surface area (Å²) < 4.78 is 11.2. The summed E-state index contributed by atoms with van der Waals surface area (Å²) in [6, 6.07) is 6.51. The van der Waals surface area contributed by atoms with E-state index in [2.05, 4.69) is 64.9 Å². The van der Waals surface area contributed by atoms with Crippen molar-refractivity contribution in [3.05, 3.63) is 46.8 Å². The molecule has 0 radical (unpaired) electrons. The average molecular weight is 354 g/mol. The second kappa shape index (κ2) is 6.61. The van der Waals surface area contributed by atoms with Gasteiger partial charge in [-0.3, -0.25) is 0 Å². The minimum absolute atomic E-state index is 0.167. The van der Waals surface area contributed by atoms with E-state index < -0.39 is 0 Å². The Hall–Kier alpha value is -2.03. The van der Waals surface area contributed by atoms with Crippen LogP contribution in [0.5, 0.6) is 5.75 Å². The van der Waals surface area contributed by atoms with Gasteiger partial charge in [0.25, 0.3) is 0 Å². The van der Waals surface area contributed by atoms with Crippen LogP contribution in [-0.4, -0.2) is 12.3 Å². The van der Waals surface area contributed by atoms with Gasteiger partial charge in [-0.15, -0.1) is 0 Å². The smallest absolute Gasteiger partial charge is 0.159 e. The van der Waals surface area contributed by atoms with Crippen molar-refractivity contribution in [2.75, 3.05) is 7.11 Å². The molecule has 1 aliphatic carbocycles. The lowest BCUT2D eigenvalue weighted by atomic mass is 9.62. The summed E-state index contributed by atoms with van der Waals surface area (Å²) in [6.45, 7) is 13.8. The molecule has 0 N–H and O–H groups in total. The lowest BCUT2D eigenvalue weighted by molar-refractivity contribution is 0.328. The highest BCUT2D eigenvalue weighted by atomic mass is 16.5. The van der Waals surface area contributed by atoms with Gasteiger partial charge < -0.3 is 9.26 Å². The first-order valence-electron chi connectivity index (χ1n) is 9.51. The number of allylic oxidation sites excluding steroid dienone is 1. The Morgan fingerprint density at radius 2 is 1.73 bits per heavy atom. The van der Waals surface area contributed by atoms with Gasteiger partial charge >= 0.3 is 0 Å². The van der Waals surface area contributed by atoms with E-state index in [-0.39, 0.29) is 10.8 Å². The number of benzene rings is 1. The maximum atomic E-state index is 5.84. The molecule has 1 heterocycles. The second-order valence-electron chi connectivity index (χ2n) is 9.04. The van der Waals surface area contributed by atoms with Crippen molar-refractivity contribution >= 4 is 11.6 Å². The first kappa shape index (κ1) is 18.8. The van der Waals surface area contributed by atoms with Crippen LogP contribution in [-0.2, 0) is 10.8 Å². The quantitative estimate of drug-likeness (QED) is 0.653. The number of hydrogen-bond acceptors (Lipinski definition) is 3. The fourth-order valence-corrected chi connectivity index (χ4v) is 4.00. The molecule has 3 nitrogen and oxygen atoms in total. The summed E-state index contributed by atoms with van der Waals surface area (Å²) in [5.41, 5.74) is 5.55. The lowest BCUT2D eigenvalue weighted by Crippen LogP contribution is -2.34. The van der Waals surface area contributed by atoms with Gasteiger partial charge in [-0.1, -0.05) is 46.7 Å². The molecule has 0 saturated carbocycles. The SMILES string of the molecule is COc1cc2c(cc1C(=Cc1ccno1)C(C)C)C(C)(C)CCC2(C)C. The number of fused-ring (bicyclic) bond motifs is 1. The predicted octanol–water partition coefficient (Wildman–Crippen LogP) is 6.23. The van der Waals surface area contributed by atoms with Crippen LogP contribution in [0.25, 0.3) is 11.6 Å². The Balaban J connectivity index is 2.24. The highest BCUT2D eigenvalue weighted by Crippen LogP contribution is 2.49. The van der Waals surface area contributed by atoms with Crippen LogP contribution in [0.3, 0.4) is 0 Å². The van der Waals surface area contributed by atoms with Crippen LogP contribution in [0.2, 0.25) is 0 Å². The molecule has 1 aromatic heterocycles. The molecule has 0 amide bonds. The van der Waals surface area contributed by atoms with Crippen LogP contribution in [0, 0.1) is 5.92 Å². The van der Waals surface area contributed by atoms with E-state index in [0.717, 1.165) is 17.1 Å². The monoisotopic (exact) mass is 353 g/mol. The van der Waals surface area contributed by atoms with E-state index in [4.69, 9.17) is 9.26 Å². The normalized spacial score (nSPS) is 18.7. The Bertz CT molecular complexity index is 811. The number of hydrogen-bond donors (Lipinski definition) is 0. The van der Waals surface area contributed by atoms with Crippen LogP contribution >= 0.6 is 0 Å². The standard InChI is InChI=1S/C23H31NO2/c1-15(2)17(12-16-8-11-24-26-16)18-13-19-20(14-21(18)25-7)23(5,6)10-9-22(19,3)4/h8,11-15H,9-10H2,1-7H3. The van der Waals surface area contributed by atoms with Crippen LogP contribution < -0.4 is 4.74 Å². The first-order chi connectivity index (χ1) is 12.2. The molecule has 140 valence electrons. The molecule has 0 fully saturated rings. The molecule has 0 aliphatic heterocycles. The summed E-state index contributed by atoms with van der Waals surface area (Å²) in [7, 11) is 1.76. The molecule has 1 aliphatic rings. The van der Waals surface area contributed by atoms with Crippen LogP contribution in [0.1, 0.15) is 76.8 Å². The van der Waals surface area contributed by atoms with E-state index in [0.29, 0.717) is 5.92 Å². The van der Waals surface area contributed by atoms with Crippen LogP contribution in [0.15, 0.2) is 28.9 Å². The van der Waals surface area contributed by atoms with E-state index in [1.54, 1.807) is 13.3 Å². The molecule has 1 aromatic carbocycles. The molecule has 0 bridgehead atoms. The Kier molecular flexibility index (Phi) is 4.76. The largest absolute Gasteiger partial charge is 0.496 e. The number of ether oxygens (including phenoxy) is 1. The van der Waals surface area contributed by atoms with Crippen molar-refractivity contribution in [3.63, 3.8) is 0 Å². The van der Waals surface area contributed by atoms with Crippen molar-refractivity contribution in [2.45, 2.75) is 65.2 Å². The number of nitrogens with zero attached hydrogens (tertiary/aromatic N) is 1. The topological polar surface area (TPSA) is 35.3 Å². The third kappa shape index (κ3) is 3.32. The fourth-order valence-electron chi connectivity index (χ4n) is 4.00. The van der Waals surface area contributed by atoms with E-state index >= 15 is 0 Å². The molecular formula is C23H31NO2. The van der Waals surface area contributed by atoms with Gasteiger partial charge in [-0.2, -0.15) is 0 Å². The van der Waals surface area contributed by atoms with Gasteiger partial charge in [0.15, 0.2) is 5.76 Å².